The molecule has 1 N–H and O–H groups in total. The van der Waals surface area contributed by atoms with Gasteiger partial charge in [-0.2, -0.15) is 0 Å². The summed E-state index contributed by atoms with van der Waals surface area (Å²) in [6, 6.07) is 12.8. The molecule has 0 spiro atoms. The molecule has 6 nitrogen and oxygen atoms in total. The smallest absolute Gasteiger partial charge is 0.325 e. The number of methoxy groups -OCH3 is 2. The number of urea groups is 1. The van der Waals surface area contributed by atoms with Gasteiger partial charge in [-0.15, -0.1) is 0 Å². The van der Waals surface area contributed by atoms with Crippen LogP contribution in [0.1, 0.15) is 24.9 Å². The molecule has 1 saturated heterocycles. The molecule has 2 heterocycles. The number of anilines is 1. The van der Waals surface area contributed by atoms with E-state index in [0.717, 1.165) is 28.5 Å². The lowest BCUT2D eigenvalue weighted by Crippen LogP contribution is -2.65. The molecule has 2 atom stereocenters. The molecule has 6 heteroatoms. The molecule has 25 heavy (non-hydrogen) atoms. The van der Waals surface area contributed by atoms with Crippen LogP contribution in [0.25, 0.3) is 0 Å². The van der Waals surface area contributed by atoms with Crippen molar-refractivity contribution < 1.29 is 19.0 Å². The Morgan fingerprint density at radius 3 is 2.48 bits per heavy atom. The highest BCUT2D eigenvalue weighted by atomic mass is 16.5. The first-order valence-electron chi connectivity index (χ1n) is 8.16. The fourth-order valence-electron chi connectivity index (χ4n) is 3.60. The Morgan fingerprint density at radius 1 is 1.12 bits per heavy atom. The van der Waals surface area contributed by atoms with Crippen molar-refractivity contribution >= 4 is 11.7 Å². The van der Waals surface area contributed by atoms with Crippen LogP contribution in [0.5, 0.6) is 17.2 Å². The van der Waals surface area contributed by atoms with Crippen molar-refractivity contribution in [3.8, 4) is 17.2 Å². The van der Waals surface area contributed by atoms with E-state index in [1.54, 1.807) is 19.1 Å². The number of carbonyl (C=O) groups is 1. The minimum absolute atomic E-state index is 0.106. The largest absolute Gasteiger partial charge is 0.497 e. The third-order valence-electron chi connectivity index (χ3n) is 4.81. The van der Waals surface area contributed by atoms with Crippen LogP contribution in [-0.2, 0) is 0 Å². The molecular formula is C19H20N2O4. The highest BCUT2D eigenvalue weighted by molar-refractivity contribution is 5.95. The van der Waals surface area contributed by atoms with Crippen molar-refractivity contribution in [1.29, 1.82) is 0 Å². The number of carbonyl (C=O) groups excluding carboxylic acids is 1. The molecule has 1 fully saturated rings. The molecule has 2 aromatic rings. The molecule has 0 unspecified atom stereocenters. The number of benzene rings is 2. The first-order chi connectivity index (χ1) is 12.0. The quantitative estimate of drug-likeness (QED) is 0.929. The zero-order valence-corrected chi connectivity index (χ0v) is 14.4. The number of fused-ring (bicyclic) bond motifs is 4. The van der Waals surface area contributed by atoms with E-state index in [4.69, 9.17) is 14.2 Å². The average molecular weight is 340 g/mol. The van der Waals surface area contributed by atoms with Gasteiger partial charge in [-0.1, -0.05) is 0 Å². The summed E-state index contributed by atoms with van der Waals surface area (Å²) in [6.07, 6.45) is 0.644. The minimum Gasteiger partial charge on any atom is -0.497 e. The molecule has 2 aliphatic heterocycles. The first-order valence-corrected chi connectivity index (χ1v) is 8.16. The van der Waals surface area contributed by atoms with Crippen LogP contribution < -0.4 is 24.4 Å². The Bertz CT molecular complexity index is 821. The Balaban J connectivity index is 1.74. The molecule has 2 bridgehead atoms. The van der Waals surface area contributed by atoms with Crippen molar-refractivity contribution in [3.05, 3.63) is 48.0 Å². The Morgan fingerprint density at radius 2 is 1.80 bits per heavy atom. The van der Waals surface area contributed by atoms with Gasteiger partial charge in [0.2, 0.25) is 0 Å². The van der Waals surface area contributed by atoms with Gasteiger partial charge in [0.1, 0.15) is 17.2 Å². The van der Waals surface area contributed by atoms with Gasteiger partial charge in [0.25, 0.3) is 0 Å². The van der Waals surface area contributed by atoms with E-state index < -0.39 is 5.72 Å². The van der Waals surface area contributed by atoms with Gasteiger partial charge < -0.3 is 19.5 Å². The number of amides is 2. The molecule has 0 saturated carbocycles. The van der Waals surface area contributed by atoms with Gasteiger partial charge in [0.05, 0.1) is 20.3 Å². The average Bonchev–Trinajstić information content (AvgIpc) is 2.61. The highest BCUT2D eigenvalue weighted by Gasteiger charge is 2.49. The van der Waals surface area contributed by atoms with Gasteiger partial charge in [-0.05, 0) is 49.4 Å². The zero-order chi connectivity index (χ0) is 17.6. The molecule has 4 rings (SSSR count). The van der Waals surface area contributed by atoms with Crippen molar-refractivity contribution in [2.24, 2.45) is 0 Å². The van der Waals surface area contributed by atoms with Crippen molar-refractivity contribution in [2.75, 3.05) is 19.1 Å². The van der Waals surface area contributed by atoms with E-state index in [1.807, 2.05) is 49.4 Å². The van der Waals surface area contributed by atoms with Crippen LogP contribution in [0.4, 0.5) is 10.5 Å². The molecule has 0 aliphatic carbocycles. The van der Waals surface area contributed by atoms with Crippen LogP contribution in [0, 0.1) is 0 Å². The standard InChI is InChI=1S/C19H20N2O4/c1-19-11-16(15-10-14(24-3)8-9-17(15)25-19)20-18(22)21(19)12-4-6-13(23-2)7-5-12/h4-10,16H,11H2,1-3H3,(H,20,22)/t16-,19-/m0/s1. The second kappa shape index (κ2) is 5.58. The molecule has 0 aromatic heterocycles. The molecule has 130 valence electrons. The van der Waals surface area contributed by atoms with Crippen molar-refractivity contribution in [1.82, 2.24) is 5.32 Å². The lowest BCUT2D eigenvalue weighted by molar-refractivity contribution is 0.0377. The van der Waals surface area contributed by atoms with Gasteiger partial charge in [0, 0.05) is 17.7 Å². The number of hydrogen-bond donors (Lipinski definition) is 1. The summed E-state index contributed by atoms with van der Waals surface area (Å²) in [5.74, 6) is 2.25. The molecule has 2 aliphatic rings. The van der Waals surface area contributed by atoms with Gasteiger partial charge in [0.15, 0.2) is 5.72 Å². The van der Waals surface area contributed by atoms with E-state index in [0.29, 0.717) is 6.42 Å². The molecular weight excluding hydrogens is 320 g/mol. The van der Waals surface area contributed by atoms with E-state index in [2.05, 4.69) is 5.32 Å². The summed E-state index contributed by atoms with van der Waals surface area (Å²) >= 11 is 0. The summed E-state index contributed by atoms with van der Waals surface area (Å²) in [5.41, 5.74) is 0.944. The van der Waals surface area contributed by atoms with Crippen molar-refractivity contribution in [3.63, 3.8) is 0 Å². The van der Waals surface area contributed by atoms with Crippen LogP contribution in [-0.4, -0.2) is 26.0 Å². The Labute approximate surface area is 146 Å². The maximum Gasteiger partial charge on any atom is 0.325 e. The number of hydrogen-bond acceptors (Lipinski definition) is 4. The molecule has 2 aromatic carbocycles. The third-order valence-corrected chi connectivity index (χ3v) is 4.81. The highest BCUT2D eigenvalue weighted by Crippen LogP contribution is 2.46. The third kappa shape index (κ3) is 2.45. The summed E-state index contributed by atoms with van der Waals surface area (Å²) < 4.78 is 16.7. The second-order valence-corrected chi connectivity index (χ2v) is 6.42. The van der Waals surface area contributed by atoms with Crippen LogP contribution >= 0.6 is 0 Å². The lowest BCUT2D eigenvalue weighted by Gasteiger charge is -2.50. The molecule has 2 amide bonds. The van der Waals surface area contributed by atoms with E-state index in [9.17, 15) is 4.79 Å². The summed E-state index contributed by atoms with van der Waals surface area (Å²) in [7, 11) is 3.24. The van der Waals surface area contributed by atoms with Crippen LogP contribution in [0.3, 0.4) is 0 Å². The monoisotopic (exact) mass is 340 g/mol. The number of ether oxygens (including phenoxy) is 3. The maximum atomic E-state index is 12.8. The predicted molar refractivity (Wildman–Crippen MR) is 93.4 cm³/mol. The zero-order valence-electron chi connectivity index (χ0n) is 14.4. The van der Waals surface area contributed by atoms with Crippen molar-refractivity contribution in [2.45, 2.75) is 25.1 Å². The van der Waals surface area contributed by atoms with Gasteiger partial charge in [-0.3, -0.25) is 4.90 Å². The fraction of sp³-hybridized carbons (Fsp3) is 0.316. The van der Waals surface area contributed by atoms with E-state index in [-0.39, 0.29) is 12.1 Å². The van der Waals surface area contributed by atoms with Crippen LogP contribution in [0.15, 0.2) is 42.5 Å². The minimum atomic E-state index is -0.761. The second-order valence-electron chi connectivity index (χ2n) is 6.42. The molecule has 0 radical (unpaired) electrons. The summed E-state index contributed by atoms with van der Waals surface area (Å²) in [4.78, 5) is 14.5. The van der Waals surface area contributed by atoms with Gasteiger partial charge in [-0.25, -0.2) is 4.79 Å². The number of rotatable bonds is 3. The topological polar surface area (TPSA) is 60.0 Å². The van der Waals surface area contributed by atoms with E-state index in [1.165, 1.54) is 0 Å². The van der Waals surface area contributed by atoms with Gasteiger partial charge >= 0.3 is 6.03 Å². The number of nitrogens with zero attached hydrogens (tertiary/aromatic N) is 1. The lowest BCUT2D eigenvalue weighted by atomic mass is 9.90. The SMILES string of the molecule is COc1ccc(N2C(=O)N[C@H]3C[C@]2(C)Oc2ccc(OC)cc23)cc1. The maximum absolute atomic E-state index is 12.8. The number of nitrogens with one attached hydrogen (secondary N) is 1. The van der Waals surface area contributed by atoms with Crippen LogP contribution in [0.2, 0.25) is 0 Å². The Hall–Kier alpha value is -2.89. The summed E-state index contributed by atoms with van der Waals surface area (Å²) in [5, 5.41) is 3.08. The van der Waals surface area contributed by atoms with E-state index >= 15 is 0 Å². The normalized spacial score (nSPS) is 24.0. The Kier molecular flexibility index (Phi) is 3.49. The fourth-order valence-corrected chi connectivity index (χ4v) is 3.60. The first kappa shape index (κ1) is 15.6. The predicted octanol–water partition coefficient (Wildman–Crippen LogP) is 3.47. The summed E-state index contributed by atoms with van der Waals surface area (Å²) in [6.45, 7) is 1.94.